The number of Topliss-reactive ketones (excluding diaryl/α,β-unsaturated/α-hetero) is 1. The maximum atomic E-state index is 13.2. The first-order valence-electron chi connectivity index (χ1n) is 5.88. The maximum absolute atomic E-state index is 13.2. The lowest BCUT2D eigenvalue weighted by atomic mass is 9.96. The van der Waals surface area contributed by atoms with Crippen molar-refractivity contribution in [3.8, 4) is 5.75 Å². The van der Waals surface area contributed by atoms with Gasteiger partial charge in [0, 0.05) is 4.47 Å². The smallest absolute Gasteiger partial charge is 0.170 e. The summed E-state index contributed by atoms with van der Waals surface area (Å²) in [7, 11) is 0. The zero-order chi connectivity index (χ0) is 13.4. The molecule has 0 fully saturated rings. The molecule has 1 atom stereocenters. The van der Waals surface area contributed by atoms with Crippen LogP contribution in [-0.4, -0.2) is 5.78 Å². The van der Waals surface area contributed by atoms with Gasteiger partial charge in [-0.05, 0) is 35.9 Å². The minimum Gasteiger partial charge on any atom is -0.484 e. The van der Waals surface area contributed by atoms with Crippen LogP contribution in [0.1, 0.15) is 28.4 Å². The molecule has 0 saturated carbocycles. The van der Waals surface area contributed by atoms with Crippen molar-refractivity contribution in [1.29, 1.82) is 0 Å². The van der Waals surface area contributed by atoms with E-state index in [0.29, 0.717) is 16.9 Å². The molecule has 0 amide bonds. The fourth-order valence-electron chi connectivity index (χ4n) is 2.19. The quantitative estimate of drug-likeness (QED) is 0.783. The van der Waals surface area contributed by atoms with E-state index in [1.165, 1.54) is 12.1 Å². The number of halogens is 2. The minimum atomic E-state index is -0.420. The molecule has 0 radical (unpaired) electrons. The minimum absolute atomic E-state index is 0.0109. The number of hydrogen-bond donors (Lipinski definition) is 0. The fraction of sp³-hybridized carbons (Fsp3) is 0.133. The zero-order valence-corrected chi connectivity index (χ0v) is 11.5. The lowest BCUT2D eigenvalue weighted by Crippen LogP contribution is -2.20. The summed E-state index contributed by atoms with van der Waals surface area (Å²) < 4.78 is 19.9. The summed E-state index contributed by atoms with van der Waals surface area (Å²) >= 11 is 3.33. The molecule has 1 aliphatic heterocycles. The summed E-state index contributed by atoms with van der Waals surface area (Å²) in [6.07, 6.45) is -0.190. The van der Waals surface area contributed by atoms with E-state index in [0.717, 1.165) is 4.47 Å². The molecule has 2 aromatic rings. The Morgan fingerprint density at radius 2 is 2.05 bits per heavy atom. The summed E-state index contributed by atoms with van der Waals surface area (Å²) in [6.45, 7) is 0. The topological polar surface area (TPSA) is 26.3 Å². The first-order valence-corrected chi connectivity index (χ1v) is 6.67. The van der Waals surface area contributed by atoms with Gasteiger partial charge in [-0.1, -0.05) is 28.1 Å². The van der Waals surface area contributed by atoms with Gasteiger partial charge in [-0.3, -0.25) is 4.79 Å². The van der Waals surface area contributed by atoms with Gasteiger partial charge in [0.25, 0.3) is 0 Å². The van der Waals surface area contributed by atoms with Gasteiger partial charge in [0.1, 0.15) is 17.7 Å². The standard InChI is InChI=1S/C15H10BrFO2/c16-10-4-5-14-12(7-10)13(18)8-15(19-14)9-2-1-3-11(17)6-9/h1-7,15H,8H2. The van der Waals surface area contributed by atoms with E-state index in [2.05, 4.69) is 15.9 Å². The van der Waals surface area contributed by atoms with Gasteiger partial charge in [-0.15, -0.1) is 0 Å². The first-order chi connectivity index (χ1) is 9.13. The van der Waals surface area contributed by atoms with Gasteiger partial charge in [-0.25, -0.2) is 4.39 Å². The fourth-order valence-corrected chi connectivity index (χ4v) is 2.55. The predicted octanol–water partition coefficient (Wildman–Crippen LogP) is 4.29. The Hall–Kier alpha value is -1.68. The van der Waals surface area contributed by atoms with Crippen LogP contribution in [0, 0.1) is 5.82 Å². The molecule has 0 N–H and O–H groups in total. The molecule has 4 heteroatoms. The molecule has 2 nitrogen and oxygen atoms in total. The number of carbonyl (C=O) groups excluding carboxylic acids is 1. The molecule has 0 bridgehead atoms. The van der Waals surface area contributed by atoms with Crippen LogP contribution in [-0.2, 0) is 0 Å². The highest BCUT2D eigenvalue weighted by molar-refractivity contribution is 9.10. The van der Waals surface area contributed by atoms with Gasteiger partial charge in [0.05, 0.1) is 12.0 Å². The third kappa shape index (κ3) is 2.40. The van der Waals surface area contributed by atoms with Crippen LogP contribution in [0.4, 0.5) is 4.39 Å². The molecule has 0 aromatic heterocycles. The molecule has 1 unspecified atom stereocenters. The van der Waals surface area contributed by atoms with Crippen molar-refractivity contribution in [2.75, 3.05) is 0 Å². The van der Waals surface area contributed by atoms with Crippen LogP contribution < -0.4 is 4.74 Å². The first kappa shape index (κ1) is 12.4. The van der Waals surface area contributed by atoms with Crippen molar-refractivity contribution in [2.24, 2.45) is 0 Å². The van der Waals surface area contributed by atoms with Crippen LogP contribution >= 0.6 is 15.9 Å². The molecule has 0 spiro atoms. The van der Waals surface area contributed by atoms with Crippen molar-refractivity contribution >= 4 is 21.7 Å². The highest BCUT2D eigenvalue weighted by Gasteiger charge is 2.27. The van der Waals surface area contributed by atoms with Gasteiger partial charge >= 0.3 is 0 Å². The number of benzene rings is 2. The molecule has 0 aliphatic carbocycles. The van der Waals surface area contributed by atoms with Gasteiger partial charge in [0.2, 0.25) is 0 Å². The third-order valence-corrected chi connectivity index (χ3v) is 3.60. The number of ether oxygens (including phenoxy) is 1. The number of hydrogen-bond acceptors (Lipinski definition) is 2. The van der Waals surface area contributed by atoms with Gasteiger partial charge < -0.3 is 4.74 Å². The molecule has 1 heterocycles. The second kappa shape index (κ2) is 4.78. The van der Waals surface area contributed by atoms with Crippen molar-refractivity contribution in [3.63, 3.8) is 0 Å². The Kier molecular flexibility index (Phi) is 3.11. The monoisotopic (exact) mass is 320 g/mol. The Labute approximate surface area is 118 Å². The van der Waals surface area contributed by atoms with Crippen LogP contribution in [0.3, 0.4) is 0 Å². The Morgan fingerprint density at radius 1 is 1.21 bits per heavy atom. The van der Waals surface area contributed by atoms with E-state index in [1.54, 1.807) is 24.3 Å². The molecule has 19 heavy (non-hydrogen) atoms. The van der Waals surface area contributed by atoms with Crippen LogP contribution in [0.25, 0.3) is 0 Å². The van der Waals surface area contributed by atoms with Crippen LogP contribution in [0.5, 0.6) is 5.75 Å². The van der Waals surface area contributed by atoms with Crippen LogP contribution in [0.15, 0.2) is 46.9 Å². The average Bonchev–Trinajstić information content (AvgIpc) is 2.39. The Balaban J connectivity index is 1.97. The number of carbonyl (C=O) groups is 1. The third-order valence-electron chi connectivity index (χ3n) is 3.10. The van der Waals surface area contributed by atoms with Crippen molar-refractivity contribution < 1.29 is 13.9 Å². The number of ketones is 1. The number of fused-ring (bicyclic) bond motifs is 1. The maximum Gasteiger partial charge on any atom is 0.170 e. The van der Waals surface area contributed by atoms with Crippen LogP contribution in [0.2, 0.25) is 0 Å². The Bertz CT molecular complexity index is 654. The SMILES string of the molecule is O=C1CC(c2cccc(F)c2)Oc2ccc(Br)cc21. The number of rotatable bonds is 1. The predicted molar refractivity (Wildman–Crippen MR) is 72.9 cm³/mol. The summed E-state index contributed by atoms with van der Waals surface area (Å²) in [5.74, 6) is 0.237. The van der Waals surface area contributed by atoms with E-state index < -0.39 is 6.10 Å². The normalized spacial score (nSPS) is 17.8. The summed E-state index contributed by atoms with van der Waals surface area (Å²) in [5, 5.41) is 0. The molecule has 3 rings (SSSR count). The molecule has 2 aromatic carbocycles. The van der Waals surface area contributed by atoms with Gasteiger partial charge in [-0.2, -0.15) is 0 Å². The summed E-state index contributed by atoms with van der Waals surface area (Å²) in [6, 6.07) is 11.5. The van der Waals surface area contributed by atoms with E-state index in [1.807, 2.05) is 6.07 Å². The highest BCUT2D eigenvalue weighted by Crippen LogP contribution is 2.36. The highest BCUT2D eigenvalue weighted by atomic mass is 79.9. The summed E-state index contributed by atoms with van der Waals surface area (Å²) in [5.41, 5.74) is 1.25. The average molecular weight is 321 g/mol. The van der Waals surface area contributed by atoms with Crippen molar-refractivity contribution in [2.45, 2.75) is 12.5 Å². The second-order valence-corrected chi connectivity index (χ2v) is 5.34. The lowest BCUT2D eigenvalue weighted by Gasteiger charge is -2.25. The molecule has 1 aliphatic rings. The largest absolute Gasteiger partial charge is 0.484 e. The van der Waals surface area contributed by atoms with E-state index in [-0.39, 0.29) is 18.0 Å². The van der Waals surface area contributed by atoms with Crippen molar-refractivity contribution in [1.82, 2.24) is 0 Å². The molecule has 96 valence electrons. The molecular weight excluding hydrogens is 311 g/mol. The Morgan fingerprint density at radius 3 is 2.84 bits per heavy atom. The summed E-state index contributed by atoms with van der Waals surface area (Å²) in [4.78, 5) is 12.1. The molecular formula is C15H10BrFO2. The zero-order valence-electron chi connectivity index (χ0n) is 9.90. The van der Waals surface area contributed by atoms with E-state index in [9.17, 15) is 9.18 Å². The van der Waals surface area contributed by atoms with E-state index >= 15 is 0 Å². The second-order valence-electron chi connectivity index (χ2n) is 4.43. The van der Waals surface area contributed by atoms with Gasteiger partial charge in [0.15, 0.2) is 5.78 Å². The van der Waals surface area contributed by atoms with Crippen molar-refractivity contribution in [3.05, 3.63) is 63.9 Å². The lowest BCUT2D eigenvalue weighted by molar-refractivity contribution is 0.0849. The molecule has 0 saturated heterocycles. The van der Waals surface area contributed by atoms with E-state index in [4.69, 9.17) is 4.74 Å².